The Morgan fingerprint density at radius 1 is 1.35 bits per heavy atom. The lowest BCUT2D eigenvalue weighted by molar-refractivity contribution is 0.126. The summed E-state index contributed by atoms with van der Waals surface area (Å²) in [7, 11) is -3.13. The average Bonchev–Trinajstić information content (AvgIpc) is 2.72. The van der Waals surface area contributed by atoms with E-state index in [2.05, 4.69) is 6.92 Å². The van der Waals surface area contributed by atoms with Gasteiger partial charge in [-0.1, -0.05) is 38.0 Å². The number of benzene rings is 1. The minimum atomic E-state index is -3.13. The number of rotatable bonds is 2. The monoisotopic (exact) mass is 293 g/mol. The largest absolute Gasteiger partial charge is 0.330 e. The molecule has 1 saturated carbocycles. The number of nitrogens with two attached hydrogens (primary N) is 1. The lowest BCUT2D eigenvalue weighted by Gasteiger charge is -2.43. The Morgan fingerprint density at radius 3 is 2.80 bits per heavy atom. The van der Waals surface area contributed by atoms with Gasteiger partial charge in [-0.3, -0.25) is 0 Å². The van der Waals surface area contributed by atoms with Crippen LogP contribution in [-0.4, -0.2) is 20.7 Å². The summed E-state index contributed by atoms with van der Waals surface area (Å²) in [5.74, 6) is 0.968. The molecule has 1 aliphatic carbocycles. The molecule has 3 atom stereocenters. The molecule has 0 bridgehead atoms. The minimum absolute atomic E-state index is 0.0304. The summed E-state index contributed by atoms with van der Waals surface area (Å²) in [6, 6.07) is 7.50. The van der Waals surface area contributed by atoms with Crippen molar-refractivity contribution in [1.29, 1.82) is 0 Å². The first-order valence-electron chi connectivity index (χ1n) is 7.50. The van der Waals surface area contributed by atoms with E-state index in [0.717, 1.165) is 24.8 Å². The summed E-state index contributed by atoms with van der Waals surface area (Å²) < 4.78 is 24.8. The molecule has 0 radical (unpaired) electrons. The average molecular weight is 293 g/mol. The highest BCUT2D eigenvalue weighted by molar-refractivity contribution is 7.91. The van der Waals surface area contributed by atoms with Crippen LogP contribution in [0.4, 0.5) is 0 Å². The summed E-state index contributed by atoms with van der Waals surface area (Å²) in [4.78, 5) is 0.538. The molecule has 0 spiro atoms. The van der Waals surface area contributed by atoms with E-state index in [-0.39, 0.29) is 17.1 Å². The third-order valence-corrected chi connectivity index (χ3v) is 7.10. The fourth-order valence-electron chi connectivity index (χ4n) is 4.30. The number of hydrogen-bond donors (Lipinski definition) is 1. The predicted octanol–water partition coefficient (Wildman–Crippen LogP) is 2.71. The third-order valence-electron chi connectivity index (χ3n) is 5.29. The van der Waals surface area contributed by atoms with E-state index in [0.29, 0.717) is 17.4 Å². The molecule has 1 heterocycles. The quantitative estimate of drug-likeness (QED) is 0.912. The van der Waals surface area contributed by atoms with Gasteiger partial charge in [-0.2, -0.15) is 0 Å². The van der Waals surface area contributed by atoms with Gasteiger partial charge in [0.15, 0.2) is 9.84 Å². The van der Waals surface area contributed by atoms with Gasteiger partial charge in [0.05, 0.1) is 10.6 Å². The molecule has 20 heavy (non-hydrogen) atoms. The smallest absolute Gasteiger partial charge is 0.179 e. The zero-order valence-electron chi connectivity index (χ0n) is 12.0. The van der Waals surface area contributed by atoms with Crippen molar-refractivity contribution in [2.24, 2.45) is 17.1 Å². The molecule has 110 valence electrons. The van der Waals surface area contributed by atoms with Crippen LogP contribution < -0.4 is 5.73 Å². The first kappa shape index (κ1) is 14.1. The molecular formula is C16H23NO2S. The van der Waals surface area contributed by atoms with Crippen LogP contribution >= 0.6 is 0 Å². The Kier molecular flexibility index (Phi) is 3.41. The van der Waals surface area contributed by atoms with Gasteiger partial charge in [-0.05, 0) is 42.3 Å². The van der Waals surface area contributed by atoms with Crippen molar-refractivity contribution >= 4 is 9.84 Å². The van der Waals surface area contributed by atoms with Crippen molar-refractivity contribution in [3.05, 3.63) is 29.8 Å². The zero-order chi connectivity index (χ0) is 14.4. The lowest BCUT2D eigenvalue weighted by Crippen LogP contribution is -2.41. The second-order valence-corrected chi connectivity index (χ2v) is 8.64. The molecule has 3 nitrogen and oxygen atoms in total. The van der Waals surface area contributed by atoms with Crippen molar-refractivity contribution < 1.29 is 8.42 Å². The second-order valence-electron chi connectivity index (χ2n) is 6.64. The maximum absolute atomic E-state index is 12.4. The van der Waals surface area contributed by atoms with Crippen molar-refractivity contribution in [1.82, 2.24) is 0 Å². The Hall–Kier alpha value is -0.870. The molecule has 1 fully saturated rings. The van der Waals surface area contributed by atoms with Gasteiger partial charge < -0.3 is 5.73 Å². The highest BCUT2D eigenvalue weighted by atomic mass is 32.2. The van der Waals surface area contributed by atoms with Gasteiger partial charge in [0.2, 0.25) is 0 Å². The van der Waals surface area contributed by atoms with Crippen molar-refractivity contribution in [2.45, 2.75) is 43.4 Å². The molecule has 1 aromatic rings. The van der Waals surface area contributed by atoms with E-state index in [9.17, 15) is 8.42 Å². The van der Waals surface area contributed by atoms with Crippen LogP contribution in [0.25, 0.3) is 0 Å². The first-order valence-corrected chi connectivity index (χ1v) is 9.15. The molecular weight excluding hydrogens is 270 g/mol. The van der Waals surface area contributed by atoms with E-state index in [1.165, 1.54) is 6.42 Å². The van der Waals surface area contributed by atoms with Crippen LogP contribution in [0.2, 0.25) is 0 Å². The number of fused-ring (bicyclic) bond motifs is 1. The SMILES string of the molecule is CC1CCCC(CN)(C2CS(=O)(=O)c3ccccc32)C1. The van der Waals surface area contributed by atoms with Gasteiger partial charge in [0.25, 0.3) is 0 Å². The Morgan fingerprint density at radius 2 is 2.10 bits per heavy atom. The molecule has 3 unspecified atom stereocenters. The van der Waals surface area contributed by atoms with Gasteiger partial charge >= 0.3 is 0 Å². The maximum Gasteiger partial charge on any atom is 0.179 e. The van der Waals surface area contributed by atoms with Gasteiger partial charge in [-0.25, -0.2) is 8.42 Å². The molecule has 2 N–H and O–H groups in total. The van der Waals surface area contributed by atoms with Gasteiger partial charge in [-0.15, -0.1) is 0 Å². The standard InChI is InChI=1S/C16H23NO2S/c1-12-5-4-8-16(9-12,11-17)14-10-20(18,19)15-7-3-2-6-13(14)15/h2-3,6-7,12,14H,4-5,8-11,17H2,1H3. The Labute approximate surface area is 121 Å². The van der Waals surface area contributed by atoms with Crippen molar-refractivity contribution in [3.8, 4) is 0 Å². The fourth-order valence-corrected chi connectivity index (χ4v) is 6.31. The molecule has 0 aromatic heterocycles. The van der Waals surface area contributed by atoms with Crippen LogP contribution in [0.3, 0.4) is 0 Å². The van der Waals surface area contributed by atoms with E-state index < -0.39 is 9.84 Å². The molecule has 3 rings (SSSR count). The summed E-state index contributed by atoms with van der Waals surface area (Å²) in [6.45, 7) is 2.85. The Balaban J connectivity index is 2.07. The van der Waals surface area contributed by atoms with Crippen molar-refractivity contribution in [2.75, 3.05) is 12.3 Å². The van der Waals surface area contributed by atoms with E-state index >= 15 is 0 Å². The summed E-state index contributed by atoms with van der Waals surface area (Å²) in [5, 5.41) is 0. The van der Waals surface area contributed by atoms with Crippen LogP contribution in [0.1, 0.15) is 44.1 Å². The van der Waals surface area contributed by atoms with Crippen molar-refractivity contribution in [3.63, 3.8) is 0 Å². The predicted molar refractivity (Wildman–Crippen MR) is 80.4 cm³/mol. The molecule has 1 aromatic carbocycles. The number of hydrogen-bond acceptors (Lipinski definition) is 3. The summed E-state index contributed by atoms with van der Waals surface area (Å²) >= 11 is 0. The fraction of sp³-hybridized carbons (Fsp3) is 0.625. The highest BCUT2D eigenvalue weighted by Crippen LogP contribution is 2.53. The molecule has 0 amide bonds. The molecule has 1 aliphatic heterocycles. The molecule has 4 heteroatoms. The zero-order valence-corrected chi connectivity index (χ0v) is 12.8. The van der Waals surface area contributed by atoms with E-state index in [1.54, 1.807) is 6.07 Å². The highest BCUT2D eigenvalue weighted by Gasteiger charge is 2.48. The van der Waals surface area contributed by atoms with Crippen LogP contribution in [-0.2, 0) is 9.84 Å². The normalized spacial score (nSPS) is 35.7. The Bertz CT molecular complexity index is 611. The molecule has 0 saturated heterocycles. The maximum atomic E-state index is 12.4. The lowest BCUT2D eigenvalue weighted by atomic mass is 9.62. The van der Waals surface area contributed by atoms with E-state index in [1.807, 2.05) is 18.2 Å². The summed E-state index contributed by atoms with van der Waals surface area (Å²) in [6.07, 6.45) is 4.51. The second kappa shape index (κ2) is 4.85. The van der Waals surface area contributed by atoms with Crippen LogP contribution in [0.5, 0.6) is 0 Å². The topological polar surface area (TPSA) is 60.2 Å². The summed E-state index contributed by atoms with van der Waals surface area (Å²) in [5.41, 5.74) is 7.11. The van der Waals surface area contributed by atoms with E-state index in [4.69, 9.17) is 5.73 Å². The minimum Gasteiger partial charge on any atom is -0.330 e. The first-order chi connectivity index (χ1) is 9.48. The van der Waals surface area contributed by atoms with Crippen LogP contribution in [0.15, 0.2) is 29.2 Å². The number of sulfone groups is 1. The van der Waals surface area contributed by atoms with Crippen LogP contribution in [0, 0.1) is 11.3 Å². The third kappa shape index (κ3) is 2.09. The van der Waals surface area contributed by atoms with Gasteiger partial charge in [0.1, 0.15) is 0 Å². The van der Waals surface area contributed by atoms with Gasteiger partial charge in [0, 0.05) is 5.92 Å². The molecule has 2 aliphatic rings.